The lowest BCUT2D eigenvalue weighted by atomic mass is 10.2. The Morgan fingerprint density at radius 2 is 2.26 bits per heavy atom. The van der Waals surface area contributed by atoms with Crippen molar-refractivity contribution in [2.45, 2.75) is 28.4 Å². The number of sulfone groups is 1. The SMILES string of the molecule is O=C(NCC(c1ccco1)S(=O)(=O)c1cccs1)C1CCCO1. The number of carbonyl (C=O) groups is 1. The van der Waals surface area contributed by atoms with Gasteiger partial charge >= 0.3 is 0 Å². The van der Waals surface area contributed by atoms with E-state index in [-0.39, 0.29) is 16.7 Å². The summed E-state index contributed by atoms with van der Waals surface area (Å²) in [5.74, 6) is 0.0338. The van der Waals surface area contributed by atoms with Gasteiger partial charge in [0.2, 0.25) is 5.91 Å². The first-order chi connectivity index (χ1) is 11.1. The molecule has 2 aromatic heterocycles. The summed E-state index contributed by atoms with van der Waals surface area (Å²) >= 11 is 1.15. The van der Waals surface area contributed by atoms with E-state index in [4.69, 9.17) is 9.15 Å². The molecule has 1 fully saturated rings. The van der Waals surface area contributed by atoms with Crippen molar-refractivity contribution in [1.29, 1.82) is 0 Å². The molecular formula is C15H17NO5S2. The van der Waals surface area contributed by atoms with Crippen LogP contribution in [0.2, 0.25) is 0 Å². The molecule has 23 heavy (non-hydrogen) atoms. The van der Waals surface area contributed by atoms with Crippen LogP contribution in [0.5, 0.6) is 0 Å². The Morgan fingerprint density at radius 1 is 1.39 bits per heavy atom. The van der Waals surface area contributed by atoms with Gasteiger partial charge in [-0.05, 0) is 36.4 Å². The highest BCUT2D eigenvalue weighted by Gasteiger charge is 2.33. The van der Waals surface area contributed by atoms with Gasteiger partial charge < -0.3 is 14.5 Å². The number of furan rings is 1. The minimum Gasteiger partial charge on any atom is -0.468 e. The number of hydrogen-bond donors (Lipinski definition) is 1. The molecule has 0 bridgehead atoms. The number of hydrogen-bond acceptors (Lipinski definition) is 6. The molecule has 1 N–H and O–H groups in total. The normalized spacial score (nSPS) is 19.6. The van der Waals surface area contributed by atoms with E-state index in [1.165, 1.54) is 6.26 Å². The number of nitrogens with one attached hydrogen (secondary N) is 1. The van der Waals surface area contributed by atoms with E-state index in [0.29, 0.717) is 18.8 Å². The van der Waals surface area contributed by atoms with Crippen LogP contribution >= 0.6 is 11.3 Å². The third-order valence-corrected chi connectivity index (χ3v) is 7.19. The van der Waals surface area contributed by atoms with Gasteiger partial charge in [0.1, 0.15) is 21.3 Å². The van der Waals surface area contributed by atoms with Crippen LogP contribution in [0, 0.1) is 0 Å². The van der Waals surface area contributed by atoms with E-state index >= 15 is 0 Å². The van der Waals surface area contributed by atoms with Crippen molar-refractivity contribution < 1.29 is 22.4 Å². The molecule has 1 aliphatic heterocycles. The smallest absolute Gasteiger partial charge is 0.249 e. The second-order valence-electron chi connectivity index (χ2n) is 5.23. The average molecular weight is 355 g/mol. The van der Waals surface area contributed by atoms with Gasteiger partial charge in [-0.3, -0.25) is 4.79 Å². The molecule has 8 heteroatoms. The average Bonchev–Trinajstić information content (AvgIpc) is 3.27. The van der Waals surface area contributed by atoms with Crippen LogP contribution in [-0.4, -0.2) is 33.6 Å². The maximum absolute atomic E-state index is 12.8. The highest BCUT2D eigenvalue weighted by atomic mass is 32.2. The third-order valence-electron chi connectivity index (χ3n) is 3.69. The summed E-state index contributed by atoms with van der Waals surface area (Å²) in [7, 11) is -3.63. The molecule has 2 unspecified atom stereocenters. The molecule has 0 radical (unpaired) electrons. The Labute approximate surface area is 138 Å². The second kappa shape index (κ2) is 6.86. The van der Waals surface area contributed by atoms with E-state index in [1.807, 2.05) is 0 Å². The molecule has 124 valence electrons. The van der Waals surface area contributed by atoms with E-state index in [1.54, 1.807) is 29.6 Å². The van der Waals surface area contributed by atoms with E-state index in [2.05, 4.69) is 5.32 Å². The lowest BCUT2D eigenvalue weighted by Gasteiger charge is -2.17. The van der Waals surface area contributed by atoms with Crippen molar-refractivity contribution >= 4 is 27.1 Å². The molecule has 2 aromatic rings. The lowest BCUT2D eigenvalue weighted by molar-refractivity contribution is -0.130. The molecule has 0 spiro atoms. The molecule has 1 amide bonds. The molecule has 1 saturated heterocycles. The summed E-state index contributed by atoms with van der Waals surface area (Å²) < 4.78 is 36.4. The zero-order chi connectivity index (χ0) is 16.3. The Hall–Kier alpha value is -1.64. The van der Waals surface area contributed by atoms with Crippen molar-refractivity contribution in [3.63, 3.8) is 0 Å². The van der Waals surface area contributed by atoms with Gasteiger partial charge in [0.15, 0.2) is 9.84 Å². The van der Waals surface area contributed by atoms with Crippen LogP contribution < -0.4 is 5.32 Å². The van der Waals surface area contributed by atoms with Crippen molar-refractivity contribution in [2.24, 2.45) is 0 Å². The monoisotopic (exact) mass is 355 g/mol. The highest BCUT2D eigenvalue weighted by Crippen LogP contribution is 2.31. The summed E-state index contributed by atoms with van der Waals surface area (Å²) in [6.45, 7) is 0.514. The summed E-state index contributed by atoms with van der Waals surface area (Å²) in [5, 5.41) is 3.43. The molecular weight excluding hydrogens is 338 g/mol. The molecule has 3 rings (SSSR count). The number of ether oxygens (including phenoxy) is 1. The van der Waals surface area contributed by atoms with Crippen molar-refractivity contribution in [3.05, 3.63) is 41.7 Å². The number of thiophene rings is 1. The zero-order valence-corrected chi connectivity index (χ0v) is 13.9. The predicted octanol–water partition coefficient (Wildman–Crippen LogP) is 2.15. The molecule has 6 nitrogen and oxygen atoms in total. The fourth-order valence-electron chi connectivity index (χ4n) is 2.49. The molecule has 0 aliphatic carbocycles. The molecule has 2 atom stereocenters. The maximum Gasteiger partial charge on any atom is 0.249 e. The van der Waals surface area contributed by atoms with Gasteiger partial charge in [0.25, 0.3) is 0 Å². The van der Waals surface area contributed by atoms with E-state index in [0.717, 1.165) is 17.8 Å². The van der Waals surface area contributed by atoms with E-state index < -0.39 is 21.2 Å². The Bertz CT molecular complexity index is 731. The third kappa shape index (κ3) is 3.49. The first kappa shape index (κ1) is 16.2. The van der Waals surface area contributed by atoms with Gasteiger partial charge in [-0.1, -0.05) is 6.07 Å². The van der Waals surface area contributed by atoms with Crippen molar-refractivity contribution in [2.75, 3.05) is 13.2 Å². The zero-order valence-electron chi connectivity index (χ0n) is 12.3. The van der Waals surface area contributed by atoms with Crippen LogP contribution in [0.3, 0.4) is 0 Å². The number of rotatable bonds is 6. The summed E-state index contributed by atoms with van der Waals surface area (Å²) in [6, 6.07) is 6.47. The minimum absolute atomic E-state index is 0.0492. The highest BCUT2D eigenvalue weighted by molar-refractivity contribution is 7.93. The van der Waals surface area contributed by atoms with Crippen LogP contribution in [0.1, 0.15) is 23.9 Å². The Kier molecular flexibility index (Phi) is 4.84. The number of carbonyl (C=O) groups excluding carboxylic acids is 1. The fraction of sp³-hybridized carbons (Fsp3) is 0.400. The van der Waals surface area contributed by atoms with E-state index in [9.17, 15) is 13.2 Å². The van der Waals surface area contributed by atoms with Crippen LogP contribution in [-0.2, 0) is 19.4 Å². The van der Waals surface area contributed by atoms with Crippen molar-refractivity contribution in [3.8, 4) is 0 Å². The summed E-state index contributed by atoms with van der Waals surface area (Å²) in [4.78, 5) is 12.1. The Balaban J connectivity index is 1.78. The van der Waals surface area contributed by atoms with Crippen LogP contribution in [0.15, 0.2) is 44.5 Å². The molecule has 3 heterocycles. The molecule has 0 aromatic carbocycles. The van der Waals surface area contributed by atoms with Gasteiger partial charge in [0.05, 0.1) is 6.26 Å². The van der Waals surface area contributed by atoms with Gasteiger partial charge in [-0.15, -0.1) is 11.3 Å². The molecule has 0 saturated carbocycles. The summed E-state index contributed by atoms with van der Waals surface area (Å²) in [5.41, 5.74) is 0. The minimum atomic E-state index is -3.63. The van der Waals surface area contributed by atoms with Gasteiger partial charge in [-0.2, -0.15) is 0 Å². The quantitative estimate of drug-likeness (QED) is 0.858. The standard InChI is InChI=1S/C15H17NO5S2/c17-15(12-5-2-8-21-12)16-10-13(11-4-1-7-20-11)23(18,19)14-6-3-9-22-14/h1,3-4,6-7,9,12-13H,2,5,8,10H2,(H,16,17). The second-order valence-corrected chi connectivity index (χ2v) is 8.53. The maximum atomic E-state index is 12.8. The first-order valence-electron chi connectivity index (χ1n) is 7.29. The number of amides is 1. The molecule has 1 aliphatic rings. The van der Waals surface area contributed by atoms with Crippen LogP contribution in [0.25, 0.3) is 0 Å². The van der Waals surface area contributed by atoms with Gasteiger partial charge in [0, 0.05) is 13.2 Å². The Morgan fingerprint density at radius 3 is 2.87 bits per heavy atom. The van der Waals surface area contributed by atoms with Gasteiger partial charge in [-0.25, -0.2) is 8.42 Å². The topological polar surface area (TPSA) is 85.6 Å². The lowest BCUT2D eigenvalue weighted by Crippen LogP contribution is -2.38. The first-order valence-corrected chi connectivity index (χ1v) is 9.72. The fourth-order valence-corrected chi connectivity index (χ4v) is 5.29. The summed E-state index contributed by atoms with van der Waals surface area (Å²) in [6.07, 6.45) is 2.44. The van der Waals surface area contributed by atoms with Crippen molar-refractivity contribution in [1.82, 2.24) is 5.32 Å². The predicted molar refractivity (Wildman–Crippen MR) is 84.9 cm³/mol. The largest absolute Gasteiger partial charge is 0.468 e. The van der Waals surface area contributed by atoms with Crippen LogP contribution in [0.4, 0.5) is 0 Å².